The quantitative estimate of drug-likeness (QED) is 0.655. The van der Waals surface area contributed by atoms with Gasteiger partial charge in [0.2, 0.25) is 0 Å². The van der Waals surface area contributed by atoms with E-state index >= 15 is 0 Å². The van der Waals surface area contributed by atoms with Crippen LogP contribution in [-0.2, 0) is 21.4 Å². The summed E-state index contributed by atoms with van der Waals surface area (Å²) in [5.41, 5.74) is 3.90. The Balaban J connectivity index is 1.87. The number of aromatic nitrogens is 2. The van der Waals surface area contributed by atoms with Crippen LogP contribution in [-0.4, -0.2) is 28.3 Å². The van der Waals surface area contributed by atoms with Gasteiger partial charge in [0.25, 0.3) is 5.91 Å². The van der Waals surface area contributed by atoms with Crippen molar-refractivity contribution in [3.05, 3.63) is 51.8 Å². The fourth-order valence-electron chi connectivity index (χ4n) is 2.19. The zero-order valence-electron chi connectivity index (χ0n) is 14.6. The Labute approximate surface area is 151 Å². The normalized spacial score (nSPS) is 10.9. The molecule has 0 atom stereocenters. The number of rotatable bonds is 5. The number of carbonyl (C=O) groups excluding carboxylic acids is 2. The second-order valence-electron chi connectivity index (χ2n) is 5.67. The van der Waals surface area contributed by atoms with Gasteiger partial charge in [-0.15, -0.1) is 0 Å². The molecule has 0 fully saturated rings. The number of nitrogens with zero attached hydrogens (tertiary/aromatic N) is 2. The van der Waals surface area contributed by atoms with Gasteiger partial charge in [0.15, 0.2) is 6.61 Å². The fourth-order valence-corrected chi connectivity index (χ4v) is 2.38. The van der Waals surface area contributed by atoms with Crippen LogP contribution in [0.4, 0.5) is 5.69 Å². The Morgan fingerprint density at radius 3 is 2.64 bits per heavy atom. The Morgan fingerprint density at radius 2 is 2.04 bits per heavy atom. The van der Waals surface area contributed by atoms with Gasteiger partial charge >= 0.3 is 5.97 Å². The van der Waals surface area contributed by atoms with Crippen molar-refractivity contribution in [1.82, 2.24) is 9.78 Å². The molecule has 1 N–H and O–H groups in total. The third-order valence-corrected chi connectivity index (χ3v) is 4.13. The summed E-state index contributed by atoms with van der Waals surface area (Å²) in [4.78, 5) is 23.6. The zero-order valence-corrected chi connectivity index (χ0v) is 15.3. The monoisotopic (exact) mass is 361 g/mol. The maximum Gasteiger partial charge on any atom is 0.331 e. The van der Waals surface area contributed by atoms with Gasteiger partial charge in [-0.05, 0) is 44.0 Å². The van der Waals surface area contributed by atoms with Crippen LogP contribution < -0.4 is 5.32 Å². The van der Waals surface area contributed by atoms with Gasteiger partial charge in [0.05, 0.1) is 17.1 Å². The number of halogens is 1. The number of nitrogens with one attached hydrogen (secondary N) is 1. The van der Waals surface area contributed by atoms with Crippen molar-refractivity contribution in [1.29, 1.82) is 0 Å². The van der Waals surface area contributed by atoms with Gasteiger partial charge in [-0.3, -0.25) is 9.48 Å². The topological polar surface area (TPSA) is 73.2 Å². The SMILES string of the molecule is Cc1ccc(/C=C/C(=O)OCC(=O)Nc2c(C)nn(C)c2C)cc1Cl. The standard InChI is InChI=1S/C18H20ClN3O3/c1-11-5-6-14(9-15(11)19)7-8-17(24)25-10-16(23)20-18-12(2)21-22(4)13(18)3/h5-9H,10H2,1-4H3,(H,20,23)/b8-7+. The van der Waals surface area contributed by atoms with E-state index < -0.39 is 11.9 Å². The lowest BCUT2D eigenvalue weighted by molar-refractivity contribution is -0.142. The summed E-state index contributed by atoms with van der Waals surface area (Å²) in [6.07, 6.45) is 2.84. The average Bonchev–Trinajstić information content (AvgIpc) is 2.80. The lowest BCUT2D eigenvalue weighted by Gasteiger charge is -2.06. The van der Waals surface area contributed by atoms with E-state index in [0.29, 0.717) is 16.4 Å². The first-order valence-electron chi connectivity index (χ1n) is 7.69. The average molecular weight is 362 g/mol. The molecule has 0 radical (unpaired) electrons. The highest BCUT2D eigenvalue weighted by molar-refractivity contribution is 6.31. The minimum absolute atomic E-state index is 0.369. The number of anilines is 1. The number of carbonyl (C=O) groups is 2. The molecule has 2 aromatic rings. The number of hydrogen-bond acceptors (Lipinski definition) is 4. The minimum Gasteiger partial charge on any atom is -0.452 e. The number of hydrogen-bond donors (Lipinski definition) is 1. The molecular weight excluding hydrogens is 342 g/mol. The molecule has 0 bridgehead atoms. The maximum atomic E-state index is 11.9. The van der Waals surface area contributed by atoms with E-state index in [1.165, 1.54) is 6.08 Å². The predicted molar refractivity (Wildman–Crippen MR) is 97.5 cm³/mol. The van der Waals surface area contributed by atoms with Crippen LogP contribution in [0.1, 0.15) is 22.5 Å². The van der Waals surface area contributed by atoms with E-state index in [1.54, 1.807) is 30.8 Å². The van der Waals surface area contributed by atoms with Gasteiger partial charge < -0.3 is 10.1 Å². The number of esters is 1. The molecule has 7 heteroatoms. The van der Waals surface area contributed by atoms with Crippen molar-refractivity contribution in [2.75, 3.05) is 11.9 Å². The number of amides is 1. The van der Waals surface area contributed by atoms with E-state index in [4.69, 9.17) is 16.3 Å². The Bertz CT molecular complexity index is 840. The van der Waals surface area contributed by atoms with Crippen LogP contribution in [0, 0.1) is 20.8 Å². The molecular formula is C18H20ClN3O3. The summed E-state index contributed by atoms with van der Waals surface area (Å²) in [5, 5.41) is 7.53. The predicted octanol–water partition coefficient (Wildman–Crippen LogP) is 3.19. The van der Waals surface area contributed by atoms with Crippen molar-refractivity contribution in [2.45, 2.75) is 20.8 Å². The lowest BCUT2D eigenvalue weighted by Crippen LogP contribution is -2.20. The number of benzene rings is 1. The largest absolute Gasteiger partial charge is 0.452 e. The van der Waals surface area contributed by atoms with Crippen molar-refractivity contribution in [3.8, 4) is 0 Å². The van der Waals surface area contributed by atoms with E-state index in [1.807, 2.05) is 26.0 Å². The summed E-state index contributed by atoms with van der Waals surface area (Å²) in [5.74, 6) is -1.02. The Hall–Kier alpha value is -2.60. The zero-order chi connectivity index (χ0) is 18.6. The molecule has 132 valence electrons. The van der Waals surface area contributed by atoms with E-state index in [-0.39, 0.29) is 6.61 Å². The molecule has 0 spiro atoms. The molecule has 0 aliphatic rings. The van der Waals surface area contributed by atoms with E-state index in [2.05, 4.69) is 10.4 Å². The molecule has 0 saturated heterocycles. The van der Waals surface area contributed by atoms with Crippen LogP contribution in [0.5, 0.6) is 0 Å². The van der Waals surface area contributed by atoms with E-state index in [0.717, 1.165) is 16.8 Å². The molecule has 0 aliphatic heterocycles. The summed E-state index contributed by atoms with van der Waals surface area (Å²) in [6.45, 7) is 5.17. The summed E-state index contributed by atoms with van der Waals surface area (Å²) < 4.78 is 6.61. The van der Waals surface area contributed by atoms with Gasteiger partial charge in [-0.1, -0.05) is 23.7 Å². The van der Waals surface area contributed by atoms with Crippen molar-refractivity contribution < 1.29 is 14.3 Å². The van der Waals surface area contributed by atoms with Gasteiger partial charge in [-0.25, -0.2) is 4.79 Å². The molecule has 0 saturated carbocycles. The van der Waals surface area contributed by atoms with Crippen LogP contribution >= 0.6 is 11.6 Å². The highest BCUT2D eigenvalue weighted by atomic mass is 35.5. The second kappa shape index (κ2) is 7.98. The first-order valence-corrected chi connectivity index (χ1v) is 8.06. The van der Waals surface area contributed by atoms with Crippen molar-refractivity contribution >= 4 is 35.2 Å². The number of aryl methyl sites for hydroxylation is 3. The van der Waals surface area contributed by atoms with Gasteiger partial charge in [0, 0.05) is 18.1 Å². The van der Waals surface area contributed by atoms with Crippen molar-refractivity contribution in [3.63, 3.8) is 0 Å². The molecule has 2 rings (SSSR count). The molecule has 1 aromatic carbocycles. The molecule has 0 aliphatic carbocycles. The molecule has 1 aromatic heterocycles. The molecule has 25 heavy (non-hydrogen) atoms. The molecule has 1 heterocycles. The van der Waals surface area contributed by atoms with Gasteiger partial charge in [-0.2, -0.15) is 5.10 Å². The van der Waals surface area contributed by atoms with E-state index in [9.17, 15) is 9.59 Å². The Morgan fingerprint density at radius 1 is 1.32 bits per heavy atom. The summed E-state index contributed by atoms with van der Waals surface area (Å²) in [6, 6.07) is 5.45. The van der Waals surface area contributed by atoms with Crippen molar-refractivity contribution in [2.24, 2.45) is 7.05 Å². The summed E-state index contributed by atoms with van der Waals surface area (Å²) >= 11 is 6.03. The molecule has 1 amide bonds. The highest BCUT2D eigenvalue weighted by Gasteiger charge is 2.13. The second-order valence-corrected chi connectivity index (χ2v) is 6.07. The first-order chi connectivity index (χ1) is 11.8. The highest BCUT2D eigenvalue weighted by Crippen LogP contribution is 2.18. The van der Waals surface area contributed by atoms with Gasteiger partial charge in [0.1, 0.15) is 0 Å². The molecule has 6 nitrogen and oxygen atoms in total. The molecule has 0 unspecified atom stereocenters. The van der Waals surface area contributed by atoms with Crippen LogP contribution in [0.2, 0.25) is 5.02 Å². The fraction of sp³-hybridized carbons (Fsp3) is 0.278. The van der Waals surface area contributed by atoms with Crippen LogP contribution in [0.3, 0.4) is 0 Å². The Kier molecular flexibility index (Phi) is 5.98. The third-order valence-electron chi connectivity index (χ3n) is 3.73. The summed E-state index contributed by atoms with van der Waals surface area (Å²) in [7, 11) is 1.79. The van der Waals surface area contributed by atoms with Crippen LogP contribution in [0.25, 0.3) is 6.08 Å². The number of ether oxygens (including phenoxy) is 1. The third kappa shape index (κ3) is 4.93. The van der Waals surface area contributed by atoms with Crippen LogP contribution in [0.15, 0.2) is 24.3 Å². The smallest absolute Gasteiger partial charge is 0.331 e. The first kappa shape index (κ1) is 18.7. The maximum absolute atomic E-state index is 11.9. The minimum atomic E-state index is -0.605. The lowest BCUT2D eigenvalue weighted by atomic mass is 10.1.